The zero-order valence-electron chi connectivity index (χ0n) is 25.6. The lowest BCUT2D eigenvalue weighted by Crippen LogP contribution is -2.48. The molecule has 3 atom stereocenters. The second-order valence-corrected chi connectivity index (χ2v) is 12.2. The summed E-state index contributed by atoms with van der Waals surface area (Å²) >= 11 is 3.39. The summed E-state index contributed by atoms with van der Waals surface area (Å²) < 4.78 is 13.7. The number of halogens is 1. The van der Waals surface area contributed by atoms with Gasteiger partial charge in [0.05, 0.1) is 43.8 Å². The molecule has 1 fully saturated rings. The van der Waals surface area contributed by atoms with Gasteiger partial charge in [0.25, 0.3) is 0 Å². The van der Waals surface area contributed by atoms with E-state index in [1.54, 1.807) is 42.5 Å². The van der Waals surface area contributed by atoms with Crippen molar-refractivity contribution in [2.45, 2.75) is 52.4 Å². The molecular weight excluding hydrogens is 656 g/mol. The first-order valence-corrected chi connectivity index (χ1v) is 15.7. The minimum Gasteiger partial charge on any atom is -0.377 e. The van der Waals surface area contributed by atoms with Crippen molar-refractivity contribution in [3.63, 3.8) is 0 Å². The summed E-state index contributed by atoms with van der Waals surface area (Å²) in [5.74, 6) is -0.0243. The second kappa shape index (κ2) is 13.5. The maximum absolute atomic E-state index is 14.1. The van der Waals surface area contributed by atoms with E-state index in [1.807, 2.05) is 25.1 Å². The number of hydrogen-bond donors (Lipinski definition) is 1. The molecule has 2 bridgehead atoms. The Morgan fingerprint density at radius 2 is 1.85 bits per heavy atom. The molecule has 1 saturated heterocycles. The monoisotopic (exact) mass is 688 g/mol. The molecule has 14 heteroatoms. The van der Waals surface area contributed by atoms with Gasteiger partial charge in [-0.3, -0.25) is 24.0 Å². The molecule has 6 heterocycles. The van der Waals surface area contributed by atoms with Crippen LogP contribution in [0.5, 0.6) is 0 Å². The van der Waals surface area contributed by atoms with Gasteiger partial charge in [-0.1, -0.05) is 18.2 Å². The molecule has 2 amide bonds. The van der Waals surface area contributed by atoms with E-state index < -0.39 is 6.04 Å². The lowest BCUT2D eigenvalue weighted by Gasteiger charge is -2.29. The number of pyridine rings is 2. The number of hydrogen-bond acceptors (Lipinski definition) is 10. The fourth-order valence-electron chi connectivity index (χ4n) is 5.84. The van der Waals surface area contributed by atoms with Crippen molar-refractivity contribution in [2.24, 2.45) is 5.92 Å². The van der Waals surface area contributed by atoms with E-state index in [1.165, 1.54) is 11.6 Å². The molecule has 2 aliphatic heterocycles. The summed E-state index contributed by atoms with van der Waals surface area (Å²) in [4.78, 5) is 59.7. The van der Waals surface area contributed by atoms with Crippen LogP contribution in [0.1, 0.15) is 42.1 Å². The van der Waals surface area contributed by atoms with Crippen LogP contribution < -0.4 is 5.32 Å². The number of fused-ring (bicyclic) bond motifs is 4. The van der Waals surface area contributed by atoms with Gasteiger partial charge in [0.2, 0.25) is 11.8 Å². The van der Waals surface area contributed by atoms with Crippen LogP contribution in [0.4, 0.5) is 5.82 Å². The zero-order chi connectivity index (χ0) is 32.4. The van der Waals surface area contributed by atoms with Crippen LogP contribution >= 0.6 is 15.9 Å². The molecule has 6 rings (SSSR count). The first-order chi connectivity index (χ1) is 22.2. The highest BCUT2D eigenvalue weighted by Gasteiger charge is 2.45. The van der Waals surface area contributed by atoms with Gasteiger partial charge >= 0.3 is 0 Å². The Bertz CT molecular complexity index is 1830. The molecule has 0 unspecified atom stereocenters. The molecule has 0 radical (unpaired) electrons. The Hall–Kier alpha value is -4.40. The van der Waals surface area contributed by atoms with E-state index in [9.17, 15) is 14.4 Å². The predicted molar refractivity (Wildman–Crippen MR) is 172 cm³/mol. The van der Waals surface area contributed by atoms with Gasteiger partial charge in [-0.25, -0.2) is 15.0 Å². The average molecular weight is 690 g/mol. The lowest BCUT2D eigenvalue weighted by molar-refractivity contribution is -0.139. The first-order valence-electron chi connectivity index (χ1n) is 14.9. The minimum absolute atomic E-state index is 0.0903. The number of carbonyl (C=O) groups excluding carboxylic acids is 3. The van der Waals surface area contributed by atoms with E-state index in [2.05, 4.69) is 46.3 Å². The smallest absolute Gasteiger partial charge is 0.248 e. The SMILES string of the molecule is CC(=O)c1nn(CC(=O)N2[C@H](C)[C@H]3COC/C=C\COCc4ccc(Br)nc4NC(=O)[C@@H]2C3)c2cnc(-c3cnc(C)nc3)cc12. The fraction of sp³-hybridized carbons (Fsp3) is 0.375. The van der Waals surface area contributed by atoms with Crippen molar-refractivity contribution in [3.8, 4) is 11.3 Å². The van der Waals surface area contributed by atoms with E-state index in [0.29, 0.717) is 70.2 Å². The van der Waals surface area contributed by atoms with Crippen molar-refractivity contribution in [3.05, 3.63) is 70.6 Å². The summed E-state index contributed by atoms with van der Waals surface area (Å²) in [5, 5.41) is 8.03. The molecule has 46 heavy (non-hydrogen) atoms. The largest absolute Gasteiger partial charge is 0.377 e. The van der Waals surface area contributed by atoms with E-state index in [4.69, 9.17) is 9.47 Å². The van der Waals surface area contributed by atoms with Crippen molar-refractivity contribution in [1.29, 1.82) is 0 Å². The van der Waals surface area contributed by atoms with Gasteiger partial charge in [0.1, 0.15) is 34.5 Å². The quantitative estimate of drug-likeness (QED) is 0.190. The number of likely N-dealkylation sites (tertiary alicyclic amines) is 1. The first kappa shape index (κ1) is 31.6. The highest BCUT2D eigenvalue weighted by molar-refractivity contribution is 9.10. The van der Waals surface area contributed by atoms with E-state index in [0.717, 1.165) is 0 Å². The Kier molecular flexibility index (Phi) is 9.29. The Morgan fingerprint density at radius 1 is 1.09 bits per heavy atom. The minimum atomic E-state index is -0.785. The average Bonchev–Trinajstić information content (AvgIpc) is 3.56. The number of carbonyl (C=O) groups is 3. The number of aryl methyl sites for hydroxylation is 1. The molecule has 4 aromatic heterocycles. The molecule has 0 aliphatic carbocycles. The maximum atomic E-state index is 14.1. The van der Waals surface area contributed by atoms with Crippen molar-refractivity contribution >= 4 is 50.2 Å². The summed E-state index contributed by atoms with van der Waals surface area (Å²) in [5.41, 5.74) is 2.72. The topological polar surface area (TPSA) is 154 Å². The number of Topliss-reactive ketones (excluding diaryl/α,β-unsaturated/α-hetero) is 1. The molecule has 13 nitrogen and oxygen atoms in total. The third kappa shape index (κ3) is 6.59. The maximum Gasteiger partial charge on any atom is 0.248 e. The number of amides is 2. The van der Waals surface area contributed by atoms with Gasteiger partial charge in [-0.05, 0) is 48.3 Å². The third-order valence-corrected chi connectivity index (χ3v) is 8.72. The van der Waals surface area contributed by atoms with E-state index in [-0.39, 0.29) is 48.4 Å². The Labute approximate surface area is 273 Å². The molecule has 0 spiro atoms. The second-order valence-electron chi connectivity index (χ2n) is 11.4. The number of rotatable bonds is 4. The lowest BCUT2D eigenvalue weighted by atomic mass is 10.0. The molecule has 1 N–H and O–H groups in total. The van der Waals surface area contributed by atoms with Crippen LogP contribution in [0.25, 0.3) is 22.2 Å². The number of nitrogens with one attached hydrogen (secondary N) is 1. The number of aromatic nitrogens is 6. The molecule has 4 aromatic rings. The number of ketones is 1. The summed E-state index contributed by atoms with van der Waals surface area (Å²) in [7, 11) is 0. The number of anilines is 1. The van der Waals surface area contributed by atoms with Gasteiger partial charge in [-0.2, -0.15) is 5.10 Å². The van der Waals surface area contributed by atoms with Gasteiger partial charge in [0, 0.05) is 47.8 Å². The highest BCUT2D eigenvalue weighted by Crippen LogP contribution is 2.33. The van der Waals surface area contributed by atoms with Crippen LogP contribution in [-0.4, -0.2) is 84.1 Å². The molecule has 0 saturated carbocycles. The Morgan fingerprint density at radius 3 is 2.61 bits per heavy atom. The normalized spacial score (nSPS) is 21.3. The van der Waals surface area contributed by atoms with Crippen LogP contribution in [0.2, 0.25) is 0 Å². The third-order valence-electron chi connectivity index (χ3n) is 8.28. The summed E-state index contributed by atoms with van der Waals surface area (Å²) in [6.07, 6.45) is 9.11. The van der Waals surface area contributed by atoms with Crippen LogP contribution in [0.3, 0.4) is 0 Å². The number of ether oxygens (including phenoxy) is 2. The van der Waals surface area contributed by atoms with Crippen molar-refractivity contribution in [1.82, 2.24) is 34.6 Å². The summed E-state index contributed by atoms with van der Waals surface area (Å²) in [6.45, 7) is 6.34. The van der Waals surface area contributed by atoms with Gasteiger partial charge in [0.15, 0.2) is 5.78 Å². The standard InChI is InChI=1S/C32H33BrN8O5/c1-18-22-10-26(32(44)38-31-21(6-7-28(33)37-31)16-45-8-4-5-9-46-17-22)41(18)29(43)15-40-27-14-36-25(23-12-34-20(3)35-13-23)11-24(27)30(39-40)19(2)42/h4-7,11-14,18,22,26H,8-10,15-17H2,1-3H3,(H,37,38,44)/b5-4-/t18-,22-,26+/m1/s1. The van der Waals surface area contributed by atoms with E-state index >= 15 is 0 Å². The zero-order valence-corrected chi connectivity index (χ0v) is 27.2. The number of nitrogens with zero attached hydrogens (tertiary/aromatic N) is 7. The molecular formula is C32H33BrN8O5. The molecule has 0 aromatic carbocycles. The Balaban J connectivity index is 1.31. The van der Waals surface area contributed by atoms with Gasteiger partial charge < -0.3 is 19.7 Å². The fourth-order valence-corrected chi connectivity index (χ4v) is 6.15. The van der Waals surface area contributed by atoms with Crippen molar-refractivity contribution < 1.29 is 23.9 Å². The van der Waals surface area contributed by atoms with Crippen LogP contribution in [0.15, 0.2) is 53.5 Å². The van der Waals surface area contributed by atoms with Crippen LogP contribution in [0, 0.1) is 12.8 Å². The highest BCUT2D eigenvalue weighted by atomic mass is 79.9. The summed E-state index contributed by atoms with van der Waals surface area (Å²) in [6, 6.07) is 4.28. The van der Waals surface area contributed by atoms with Crippen molar-refractivity contribution in [2.75, 3.05) is 25.1 Å². The van der Waals surface area contributed by atoms with Gasteiger partial charge in [-0.15, -0.1) is 0 Å². The van der Waals surface area contributed by atoms with Crippen LogP contribution in [-0.2, 0) is 32.2 Å². The predicted octanol–water partition coefficient (Wildman–Crippen LogP) is 3.90. The molecule has 2 aliphatic rings. The molecule has 238 valence electrons.